The number of nitrogens with one attached hydrogen (secondary N) is 1. The lowest BCUT2D eigenvalue weighted by molar-refractivity contribution is 0.0600. The fourth-order valence-electron chi connectivity index (χ4n) is 3.37. The van der Waals surface area contributed by atoms with E-state index in [1.165, 1.54) is 38.7 Å². The zero-order chi connectivity index (χ0) is 21.3. The van der Waals surface area contributed by atoms with Gasteiger partial charge in [-0.15, -0.1) is 15.3 Å². The van der Waals surface area contributed by atoms with Crippen molar-refractivity contribution < 1.29 is 22.7 Å². The van der Waals surface area contributed by atoms with Crippen molar-refractivity contribution in [3.05, 3.63) is 42.2 Å². The first-order valence-electron chi connectivity index (χ1n) is 9.12. The third kappa shape index (κ3) is 3.78. The predicted octanol–water partition coefficient (Wildman–Crippen LogP) is 0.477. The molecule has 1 N–H and O–H groups in total. The number of hydrogen-bond acceptors (Lipinski definition) is 9. The van der Waals surface area contributed by atoms with E-state index in [1.807, 2.05) is 11.0 Å². The van der Waals surface area contributed by atoms with Gasteiger partial charge in [0, 0.05) is 19.1 Å². The topological polar surface area (TPSA) is 128 Å². The molecule has 1 aromatic carbocycles. The van der Waals surface area contributed by atoms with Crippen molar-refractivity contribution in [3.8, 4) is 5.75 Å². The molecular weight excluding hydrogens is 412 g/mol. The Morgan fingerprint density at radius 3 is 2.83 bits per heavy atom. The second-order valence-electron chi connectivity index (χ2n) is 6.74. The lowest BCUT2D eigenvalue weighted by Gasteiger charge is -2.18. The van der Waals surface area contributed by atoms with Gasteiger partial charge in [-0.25, -0.2) is 17.9 Å². The molecule has 4 rings (SSSR count). The van der Waals surface area contributed by atoms with Gasteiger partial charge in [0.25, 0.3) is 0 Å². The van der Waals surface area contributed by atoms with Crippen LogP contribution in [0, 0.1) is 0 Å². The van der Waals surface area contributed by atoms with E-state index in [0.29, 0.717) is 31.0 Å². The summed E-state index contributed by atoms with van der Waals surface area (Å²) in [5.41, 5.74) is 0.756. The molecule has 0 amide bonds. The van der Waals surface area contributed by atoms with Gasteiger partial charge in [0.1, 0.15) is 22.8 Å². The van der Waals surface area contributed by atoms with Crippen LogP contribution in [0.4, 0.5) is 5.82 Å². The maximum atomic E-state index is 13.0. The number of fused-ring (bicyclic) bond motifs is 1. The second kappa shape index (κ2) is 7.88. The van der Waals surface area contributed by atoms with E-state index in [9.17, 15) is 13.2 Å². The van der Waals surface area contributed by atoms with Crippen molar-refractivity contribution >= 4 is 27.5 Å². The molecule has 1 aliphatic heterocycles. The Labute approximate surface area is 172 Å². The summed E-state index contributed by atoms with van der Waals surface area (Å²) >= 11 is 0. The van der Waals surface area contributed by atoms with Gasteiger partial charge < -0.3 is 14.4 Å². The Bertz CT molecular complexity index is 1190. The van der Waals surface area contributed by atoms with Crippen LogP contribution in [0.25, 0.3) is 5.65 Å². The Morgan fingerprint density at radius 2 is 2.07 bits per heavy atom. The van der Waals surface area contributed by atoms with Gasteiger partial charge in [-0.2, -0.15) is 4.52 Å². The number of ether oxygens (including phenoxy) is 2. The maximum Gasteiger partial charge on any atom is 0.337 e. The number of methoxy groups -OCH3 is 2. The Kier molecular flexibility index (Phi) is 5.26. The first-order valence-corrected chi connectivity index (χ1v) is 10.6. The SMILES string of the molecule is COC(=O)c1ccc(OC)c(S(=O)(=O)NC2CCN(c3ccc4nncn4n3)C2)c1. The number of hydrogen-bond donors (Lipinski definition) is 1. The van der Waals surface area contributed by atoms with Crippen LogP contribution in [-0.2, 0) is 14.8 Å². The average molecular weight is 432 g/mol. The number of anilines is 1. The quantitative estimate of drug-likeness (QED) is 0.553. The molecule has 158 valence electrons. The molecule has 1 atom stereocenters. The highest BCUT2D eigenvalue weighted by atomic mass is 32.2. The summed E-state index contributed by atoms with van der Waals surface area (Å²) in [6.45, 7) is 1.08. The molecule has 1 aliphatic rings. The van der Waals surface area contributed by atoms with Gasteiger partial charge in [0.05, 0.1) is 19.8 Å². The second-order valence-corrected chi connectivity index (χ2v) is 8.42. The van der Waals surface area contributed by atoms with Crippen LogP contribution in [-0.4, -0.2) is 67.5 Å². The lowest BCUT2D eigenvalue weighted by Crippen LogP contribution is -2.37. The van der Waals surface area contributed by atoms with Crippen LogP contribution < -0.4 is 14.4 Å². The Morgan fingerprint density at radius 1 is 1.23 bits per heavy atom. The van der Waals surface area contributed by atoms with E-state index in [-0.39, 0.29) is 22.3 Å². The molecule has 0 bridgehead atoms. The summed E-state index contributed by atoms with van der Waals surface area (Å²) in [6.07, 6.45) is 2.11. The molecule has 0 aliphatic carbocycles. The van der Waals surface area contributed by atoms with E-state index in [1.54, 1.807) is 10.6 Å². The number of carbonyl (C=O) groups is 1. The van der Waals surface area contributed by atoms with Gasteiger partial charge in [0.2, 0.25) is 10.0 Å². The molecule has 3 heterocycles. The van der Waals surface area contributed by atoms with Gasteiger partial charge >= 0.3 is 5.97 Å². The smallest absolute Gasteiger partial charge is 0.337 e. The van der Waals surface area contributed by atoms with Crippen molar-refractivity contribution in [1.29, 1.82) is 0 Å². The summed E-state index contributed by atoms with van der Waals surface area (Å²) in [5, 5.41) is 12.2. The van der Waals surface area contributed by atoms with Crippen LogP contribution in [0.1, 0.15) is 16.8 Å². The first-order chi connectivity index (χ1) is 14.4. The zero-order valence-corrected chi connectivity index (χ0v) is 17.2. The van der Waals surface area contributed by atoms with Crippen LogP contribution in [0.2, 0.25) is 0 Å². The monoisotopic (exact) mass is 432 g/mol. The highest BCUT2D eigenvalue weighted by molar-refractivity contribution is 7.89. The number of aromatic nitrogens is 4. The van der Waals surface area contributed by atoms with E-state index >= 15 is 0 Å². The molecule has 1 fully saturated rings. The normalized spacial score (nSPS) is 16.7. The average Bonchev–Trinajstić information content (AvgIpc) is 3.41. The first kappa shape index (κ1) is 20.0. The number of rotatable bonds is 6. The van der Waals surface area contributed by atoms with Crippen LogP contribution in [0.15, 0.2) is 41.6 Å². The number of nitrogens with zero attached hydrogens (tertiary/aromatic N) is 5. The molecular formula is C18H20N6O5S. The summed E-state index contributed by atoms with van der Waals surface area (Å²) < 4.78 is 40.2. The largest absolute Gasteiger partial charge is 0.495 e. The molecule has 2 aromatic heterocycles. The summed E-state index contributed by atoms with van der Waals surface area (Å²) in [6, 6.07) is 7.43. The summed E-state index contributed by atoms with van der Waals surface area (Å²) in [7, 11) is -1.33. The van der Waals surface area contributed by atoms with E-state index in [2.05, 4.69) is 24.8 Å². The standard InChI is InChI=1S/C18H20N6O5S/c1-28-14-4-3-12(18(25)29-2)9-15(14)30(26,27)22-13-7-8-23(10-13)17-6-5-16-20-19-11-24(16)21-17/h3-6,9,11,13,22H,7-8,10H2,1-2H3. The number of carbonyl (C=O) groups excluding carboxylic acids is 1. The molecule has 1 unspecified atom stereocenters. The van der Waals surface area contributed by atoms with Gasteiger partial charge in [0.15, 0.2) is 5.65 Å². The van der Waals surface area contributed by atoms with Gasteiger partial charge in [-0.05, 0) is 36.8 Å². The fourth-order valence-corrected chi connectivity index (χ4v) is 4.82. The minimum Gasteiger partial charge on any atom is -0.495 e. The highest BCUT2D eigenvalue weighted by Crippen LogP contribution is 2.27. The highest BCUT2D eigenvalue weighted by Gasteiger charge is 2.30. The van der Waals surface area contributed by atoms with Gasteiger partial charge in [-0.3, -0.25) is 0 Å². The number of sulfonamides is 1. The minimum absolute atomic E-state index is 0.115. The Hall–Kier alpha value is -3.25. The van der Waals surface area contributed by atoms with Crippen molar-refractivity contribution in [1.82, 2.24) is 24.5 Å². The summed E-state index contributed by atoms with van der Waals surface area (Å²) in [4.78, 5) is 13.7. The maximum absolute atomic E-state index is 13.0. The molecule has 1 saturated heterocycles. The third-order valence-corrected chi connectivity index (χ3v) is 6.40. The lowest BCUT2D eigenvalue weighted by atomic mass is 10.2. The third-order valence-electron chi connectivity index (χ3n) is 4.86. The van der Waals surface area contributed by atoms with Crippen molar-refractivity contribution in [3.63, 3.8) is 0 Å². The van der Waals surface area contributed by atoms with E-state index < -0.39 is 16.0 Å². The molecule has 11 nitrogen and oxygen atoms in total. The molecule has 12 heteroatoms. The van der Waals surface area contributed by atoms with Crippen LogP contribution >= 0.6 is 0 Å². The van der Waals surface area contributed by atoms with E-state index in [4.69, 9.17) is 4.74 Å². The van der Waals surface area contributed by atoms with Crippen molar-refractivity contribution in [2.24, 2.45) is 0 Å². The van der Waals surface area contributed by atoms with Crippen LogP contribution in [0.5, 0.6) is 5.75 Å². The van der Waals surface area contributed by atoms with Crippen LogP contribution in [0.3, 0.4) is 0 Å². The van der Waals surface area contributed by atoms with Crippen molar-refractivity contribution in [2.75, 3.05) is 32.2 Å². The van der Waals surface area contributed by atoms with E-state index in [0.717, 1.165) is 0 Å². The molecule has 0 radical (unpaired) electrons. The van der Waals surface area contributed by atoms with Gasteiger partial charge in [-0.1, -0.05) is 0 Å². The minimum atomic E-state index is -3.94. The number of esters is 1. The fraction of sp³-hybridized carbons (Fsp3) is 0.333. The molecule has 30 heavy (non-hydrogen) atoms. The van der Waals surface area contributed by atoms with Crippen molar-refractivity contribution in [2.45, 2.75) is 17.4 Å². The zero-order valence-electron chi connectivity index (χ0n) is 16.3. The number of benzene rings is 1. The predicted molar refractivity (Wildman–Crippen MR) is 106 cm³/mol. The molecule has 3 aromatic rings. The molecule has 0 spiro atoms. The Balaban J connectivity index is 1.53. The summed E-state index contributed by atoms with van der Waals surface area (Å²) in [5.74, 6) is 0.218. The molecule has 0 saturated carbocycles.